The molecule has 1 atom stereocenters. The van der Waals surface area contributed by atoms with Gasteiger partial charge in [-0.15, -0.1) is 0 Å². The van der Waals surface area contributed by atoms with Crippen molar-refractivity contribution in [3.05, 3.63) is 94.5 Å². The summed E-state index contributed by atoms with van der Waals surface area (Å²) in [5, 5.41) is 3.00. The number of hydrogen-bond donors (Lipinski definition) is 1. The van der Waals surface area contributed by atoms with Gasteiger partial charge in [0.1, 0.15) is 6.54 Å². The number of benzene rings is 3. The van der Waals surface area contributed by atoms with Crippen molar-refractivity contribution in [2.45, 2.75) is 51.0 Å². The Hall–Kier alpha value is -3.12. The summed E-state index contributed by atoms with van der Waals surface area (Å²) in [6.07, 6.45) is 3.35. The Labute approximate surface area is 196 Å². The van der Waals surface area contributed by atoms with Crippen molar-refractivity contribution in [2.24, 2.45) is 0 Å². The van der Waals surface area contributed by atoms with Gasteiger partial charge in [-0.05, 0) is 80.5 Å². The van der Waals surface area contributed by atoms with Gasteiger partial charge in [0.15, 0.2) is 0 Å². The van der Waals surface area contributed by atoms with Crippen LogP contribution in [0.5, 0.6) is 0 Å². The molecular formula is C27H30N2O3S. The Bertz CT molecular complexity index is 1270. The van der Waals surface area contributed by atoms with Gasteiger partial charge in [-0.3, -0.25) is 9.10 Å². The molecule has 1 amide bonds. The van der Waals surface area contributed by atoms with Crippen LogP contribution in [-0.2, 0) is 27.7 Å². The molecule has 1 aliphatic rings. The first-order chi connectivity index (χ1) is 15.8. The molecule has 3 aromatic carbocycles. The predicted octanol–water partition coefficient (Wildman–Crippen LogP) is 4.86. The highest BCUT2D eigenvalue weighted by molar-refractivity contribution is 7.92. The number of sulfonamides is 1. The second kappa shape index (κ2) is 9.40. The Morgan fingerprint density at radius 1 is 0.970 bits per heavy atom. The van der Waals surface area contributed by atoms with E-state index < -0.39 is 10.0 Å². The van der Waals surface area contributed by atoms with Crippen LogP contribution >= 0.6 is 0 Å². The lowest BCUT2D eigenvalue weighted by molar-refractivity contribution is -0.120. The minimum atomic E-state index is -3.92. The van der Waals surface area contributed by atoms with Crippen LogP contribution in [0.2, 0.25) is 0 Å². The van der Waals surface area contributed by atoms with Crippen LogP contribution in [0, 0.1) is 13.8 Å². The van der Waals surface area contributed by atoms with E-state index in [2.05, 4.69) is 23.5 Å². The van der Waals surface area contributed by atoms with Crippen LogP contribution < -0.4 is 9.62 Å². The molecule has 5 nitrogen and oxygen atoms in total. The number of aryl methyl sites for hydroxylation is 4. The van der Waals surface area contributed by atoms with Crippen molar-refractivity contribution in [1.82, 2.24) is 5.32 Å². The molecule has 0 saturated carbocycles. The summed E-state index contributed by atoms with van der Waals surface area (Å²) < 4.78 is 28.3. The molecule has 33 heavy (non-hydrogen) atoms. The predicted molar refractivity (Wildman–Crippen MR) is 132 cm³/mol. The monoisotopic (exact) mass is 462 g/mol. The van der Waals surface area contributed by atoms with E-state index in [1.54, 1.807) is 36.4 Å². The molecule has 1 unspecified atom stereocenters. The summed E-state index contributed by atoms with van der Waals surface area (Å²) in [7, 11) is -3.92. The highest BCUT2D eigenvalue weighted by Gasteiger charge is 2.28. The largest absolute Gasteiger partial charge is 0.348 e. The van der Waals surface area contributed by atoms with Crippen LogP contribution in [-0.4, -0.2) is 20.9 Å². The van der Waals surface area contributed by atoms with Crippen molar-refractivity contribution in [2.75, 3.05) is 10.8 Å². The molecule has 6 heteroatoms. The maximum Gasteiger partial charge on any atom is 0.264 e. The molecule has 0 radical (unpaired) electrons. The van der Waals surface area contributed by atoms with Gasteiger partial charge >= 0.3 is 0 Å². The summed E-state index contributed by atoms with van der Waals surface area (Å²) in [6.45, 7) is 5.46. The number of rotatable bonds is 7. The Kier molecular flexibility index (Phi) is 6.56. The van der Waals surface area contributed by atoms with Crippen LogP contribution in [0.1, 0.15) is 47.2 Å². The summed E-state index contributed by atoms with van der Waals surface area (Å²) in [4.78, 5) is 13.2. The maximum absolute atomic E-state index is 13.5. The van der Waals surface area contributed by atoms with Gasteiger partial charge in [-0.25, -0.2) is 8.42 Å². The maximum atomic E-state index is 13.5. The average molecular weight is 463 g/mol. The number of amides is 1. The molecule has 0 saturated heterocycles. The molecule has 0 spiro atoms. The third-order valence-corrected chi connectivity index (χ3v) is 8.01. The topological polar surface area (TPSA) is 66.5 Å². The Balaban J connectivity index is 1.60. The summed E-state index contributed by atoms with van der Waals surface area (Å²) in [5.74, 6) is -0.345. The van der Waals surface area contributed by atoms with E-state index >= 15 is 0 Å². The molecule has 0 aromatic heterocycles. The Morgan fingerprint density at radius 3 is 2.42 bits per heavy atom. The Morgan fingerprint density at radius 2 is 1.70 bits per heavy atom. The first-order valence-electron chi connectivity index (χ1n) is 11.3. The lowest BCUT2D eigenvalue weighted by Crippen LogP contribution is -2.42. The van der Waals surface area contributed by atoms with Gasteiger partial charge in [0.25, 0.3) is 10.0 Å². The zero-order valence-electron chi connectivity index (χ0n) is 19.3. The third kappa shape index (κ3) is 4.96. The number of nitrogens with zero attached hydrogens (tertiary/aromatic N) is 1. The van der Waals surface area contributed by atoms with E-state index in [9.17, 15) is 13.2 Å². The van der Waals surface area contributed by atoms with Crippen LogP contribution in [0.3, 0.4) is 0 Å². The lowest BCUT2D eigenvalue weighted by atomic mass is 10.0. The van der Waals surface area contributed by atoms with E-state index in [0.29, 0.717) is 5.69 Å². The van der Waals surface area contributed by atoms with Gasteiger partial charge in [0.2, 0.25) is 5.91 Å². The van der Waals surface area contributed by atoms with E-state index in [1.807, 2.05) is 32.9 Å². The molecule has 1 N–H and O–H groups in total. The number of fused-ring (bicyclic) bond motifs is 1. The highest BCUT2D eigenvalue weighted by atomic mass is 32.2. The fourth-order valence-electron chi connectivity index (χ4n) is 4.47. The molecule has 3 aromatic rings. The van der Waals surface area contributed by atoms with Gasteiger partial charge in [-0.1, -0.05) is 54.1 Å². The molecule has 0 aliphatic heterocycles. The van der Waals surface area contributed by atoms with Crippen LogP contribution in [0.4, 0.5) is 5.69 Å². The van der Waals surface area contributed by atoms with Gasteiger partial charge in [0, 0.05) is 0 Å². The molecule has 0 bridgehead atoms. The fraction of sp³-hybridized carbons (Fsp3) is 0.296. The first-order valence-corrected chi connectivity index (χ1v) is 12.8. The first kappa shape index (κ1) is 23.1. The molecule has 1 aliphatic carbocycles. The average Bonchev–Trinajstić information content (AvgIpc) is 3.26. The quantitative estimate of drug-likeness (QED) is 0.545. The van der Waals surface area contributed by atoms with E-state index in [-0.39, 0.29) is 23.4 Å². The lowest BCUT2D eigenvalue weighted by Gasteiger charge is -2.26. The van der Waals surface area contributed by atoms with E-state index in [0.717, 1.165) is 29.5 Å². The van der Waals surface area contributed by atoms with E-state index in [1.165, 1.54) is 21.9 Å². The number of carbonyl (C=O) groups is 1. The van der Waals surface area contributed by atoms with Gasteiger partial charge in [0.05, 0.1) is 16.6 Å². The fourth-order valence-corrected chi connectivity index (χ4v) is 5.97. The zero-order chi connectivity index (χ0) is 23.6. The molecule has 4 rings (SSSR count). The second-order valence-corrected chi connectivity index (χ2v) is 10.6. The van der Waals surface area contributed by atoms with Crippen LogP contribution in [0.25, 0.3) is 0 Å². The van der Waals surface area contributed by atoms with E-state index in [4.69, 9.17) is 0 Å². The number of carbonyl (C=O) groups excluding carboxylic acids is 1. The van der Waals surface area contributed by atoms with Gasteiger partial charge < -0.3 is 5.32 Å². The number of anilines is 1. The standard InChI is InChI=1S/C27H30N2O3S/c1-19-12-15-26(20(2)16-19)29(33(31,32)25-10-5-4-6-11-25)18-27(30)28-21(3)23-14-13-22-8-7-9-24(22)17-23/h4-6,10-17,21H,7-9,18H2,1-3H3,(H,28,30). The SMILES string of the molecule is Cc1ccc(N(CC(=O)NC(C)c2ccc3c(c2)CCC3)S(=O)(=O)c2ccccc2)c(C)c1. The van der Waals surface area contributed by atoms with Crippen molar-refractivity contribution in [3.63, 3.8) is 0 Å². The number of nitrogens with one attached hydrogen (secondary N) is 1. The summed E-state index contributed by atoms with van der Waals surface area (Å²) in [6, 6.07) is 19.9. The summed E-state index contributed by atoms with van der Waals surface area (Å²) >= 11 is 0. The normalized spacial score (nSPS) is 13.9. The molecule has 0 fully saturated rings. The minimum absolute atomic E-state index is 0.157. The van der Waals surface area contributed by atoms with Crippen molar-refractivity contribution in [3.8, 4) is 0 Å². The minimum Gasteiger partial charge on any atom is -0.348 e. The second-order valence-electron chi connectivity index (χ2n) is 8.79. The van der Waals surface area contributed by atoms with Crippen molar-refractivity contribution in [1.29, 1.82) is 0 Å². The van der Waals surface area contributed by atoms with Gasteiger partial charge in [-0.2, -0.15) is 0 Å². The van der Waals surface area contributed by atoms with Crippen molar-refractivity contribution < 1.29 is 13.2 Å². The van der Waals surface area contributed by atoms with Crippen LogP contribution in [0.15, 0.2) is 71.6 Å². The molecule has 172 valence electrons. The molecular weight excluding hydrogens is 432 g/mol. The molecule has 0 heterocycles. The van der Waals surface area contributed by atoms with Crippen molar-refractivity contribution >= 4 is 21.6 Å². The smallest absolute Gasteiger partial charge is 0.264 e. The highest BCUT2D eigenvalue weighted by Crippen LogP contribution is 2.28. The number of hydrogen-bond acceptors (Lipinski definition) is 3. The zero-order valence-corrected chi connectivity index (χ0v) is 20.2. The summed E-state index contributed by atoms with van der Waals surface area (Å²) in [5.41, 5.74) is 6.10. The third-order valence-electron chi connectivity index (χ3n) is 6.24.